The van der Waals surface area contributed by atoms with Crippen molar-refractivity contribution in [3.8, 4) is 0 Å². The zero-order valence-electron chi connectivity index (χ0n) is 14.0. The second-order valence-electron chi connectivity index (χ2n) is 7.53. The number of rotatable bonds is 6. The number of ether oxygens (including phenoxy) is 1. The van der Waals surface area contributed by atoms with Crippen LogP contribution in [0.4, 0.5) is 0 Å². The molecular weight excluding hydrogens is 248 g/mol. The second kappa shape index (κ2) is 7.24. The highest BCUT2D eigenvalue weighted by atomic mass is 16.5. The number of hydrogen-bond donors (Lipinski definition) is 1. The Morgan fingerprint density at radius 2 is 2.00 bits per heavy atom. The van der Waals surface area contributed by atoms with Crippen molar-refractivity contribution >= 4 is 0 Å². The van der Waals surface area contributed by atoms with Crippen LogP contribution < -0.4 is 5.32 Å². The second-order valence-corrected chi connectivity index (χ2v) is 7.53. The highest BCUT2D eigenvalue weighted by Gasteiger charge is 2.41. The van der Waals surface area contributed by atoms with Gasteiger partial charge in [-0.3, -0.25) is 0 Å². The molecule has 0 amide bonds. The molecule has 0 radical (unpaired) electrons. The molecule has 0 aromatic rings. The SMILES string of the molecule is CCNC1C(CN(C)CC2CCCCO2)CCC1(C)C. The Morgan fingerprint density at radius 1 is 1.20 bits per heavy atom. The van der Waals surface area contributed by atoms with Crippen molar-refractivity contribution in [1.82, 2.24) is 10.2 Å². The minimum Gasteiger partial charge on any atom is -0.377 e. The van der Waals surface area contributed by atoms with Gasteiger partial charge in [-0.1, -0.05) is 20.8 Å². The fraction of sp³-hybridized carbons (Fsp3) is 1.00. The van der Waals surface area contributed by atoms with E-state index in [1.54, 1.807) is 0 Å². The third-order valence-corrected chi connectivity index (χ3v) is 5.23. The van der Waals surface area contributed by atoms with Crippen LogP contribution in [-0.4, -0.2) is 50.3 Å². The maximum absolute atomic E-state index is 5.87. The van der Waals surface area contributed by atoms with Gasteiger partial charge in [-0.2, -0.15) is 0 Å². The van der Waals surface area contributed by atoms with E-state index in [1.165, 1.54) is 38.6 Å². The van der Waals surface area contributed by atoms with Gasteiger partial charge in [0.05, 0.1) is 6.10 Å². The molecule has 2 rings (SSSR count). The van der Waals surface area contributed by atoms with Crippen molar-refractivity contribution in [2.24, 2.45) is 11.3 Å². The minimum absolute atomic E-state index is 0.447. The van der Waals surface area contributed by atoms with Crippen LogP contribution in [0.2, 0.25) is 0 Å². The van der Waals surface area contributed by atoms with Crippen molar-refractivity contribution in [2.75, 3.05) is 33.3 Å². The van der Waals surface area contributed by atoms with Crippen LogP contribution in [0.1, 0.15) is 52.9 Å². The zero-order chi connectivity index (χ0) is 14.6. The molecule has 1 aliphatic carbocycles. The fourth-order valence-electron chi connectivity index (χ4n) is 4.15. The Hall–Kier alpha value is -0.120. The summed E-state index contributed by atoms with van der Waals surface area (Å²) in [7, 11) is 2.27. The van der Waals surface area contributed by atoms with Gasteiger partial charge in [0.15, 0.2) is 0 Å². The van der Waals surface area contributed by atoms with Crippen molar-refractivity contribution in [2.45, 2.75) is 65.0 Å². The largest absolute Gasteiger partial charge is 0.377 e. The third-order valence-electron chi connectivity index (χ3n) is 5.23. The fourth-order valence-corrected chi connectivity index (χ4v) is 4.15. The lowest BCUT2D eigenvalue weighted by molar-refractivity contribution is -0.00420. The van der Waals surface area contributed by atoms with E-state index in [0.29, 0.717) is 17.6 Å². The number of likely N-dealkylation sites (N-methyl/N-ethyl adjacent to an activating group) is 1. The van der Waals surface area contributed by atoms with Gasteiger partial charge in [0, 0.05) is 25.7 Å². The van der Waals surface area contributed by atoms with Crippen LogP contribution in [0.3, 0.4) is 0 Å². The van der Waals surface area contributed by atoms with E-state index < -0.39 is 0 Å². The van der Waals surface area contributed by atoms with Gasteiger partial charge in [-0.15, -0.1) is 0 Å². The Morgan fingerprint density at radius 3 is 2.65 bits per heavy atom. The van der Waals surface area contributed by atoms with Crippen molar-refractivity contribution < 1.29 is 4.74 Å². The standard InChI is InChI=1S/C17H34N2O/c1-5-18-16-14(9-10-17(16,2)3)12-19(4)13-15-8-6-7-11-20-15/h14-16,18H,5-13H2,1-4H3. The first-order valence-corrected chi connectivity index (χ1v) is 8.56. The molecule has 0 aromatic carbocycles. The molecule has 1 heterocycles. The first-order chi connectivity index (χ1) is 9.53. The van der Waals surface area contributed by atoms with Crippen molar-refractivity contribution in [3.63, 3.8) is 0 Å². The highest BCUT2D eigenvalue weighted by molar-refractivity contribution is 4.96. The highest BCUT2D eigenvalue weighted by Crippen LogP contribution is 2.41. The molecule has 1 saturated heterocycles. The van der Waals surface area contributed by atoms with Gasteiger partial charge < -0.3 is 15.0 Å². The monoisotopic (exact) mass is 282 g/mol. The molecular formula is C17H34N2O. The van der Waals surface area contributed by atoms with Gasteiger partial charge in [0.25, 0.3) is 0 Å². The van der Waals surface area contributed by atoms with Crippen LogP contribution >= 0.6 is 0 Å². The van der Waals surface area contributed by atoms with Crippen LogP contribution in [-0.2, 0) is 4.74 Å². The maximum Gasteiger partial charge on any atom is 0.0701 e. The topological polar surface area (TPSA) is 24.5 Å². The van der Waals surface area contributed by atoms with E-state index in [2.05, 4.69) is 38.0 Å². The van der Waals surface area contributed by atoms with E-state index in [9.17, 15) is 0 Å². The maximum atomic E-state index is 5.87. The number of hydrogen-bond acceptors (Lipinski definition) is 3. The average molecular weight is 282 g/mol. The molecule has 2 fully saturated rings. The number of nitrogens with one attached hydrogen (secondary N) is 1. The summed E-state index contributed by atoms with van der Waals surface area (Å²) in [6.45, 7) is 11.4. The normalized spacial score (nSPS) is 33.8. The predicted molar refractivity (Wildman–Crippen MR) is 85.1 cm³/mol. The summed E-state index contributed by atoms with van der Waals surface area (Å²) in [5, 5.41) is 3.74. The molecule has 1 N–H and O–H groups in total. The smallest absolute Gasteiger partial charge is 0.0701 e. The molecule has 1 aliphatic heterocycles. The predicted octanol–water partition coefficient (Wildman–Crippen LogP) is 2.90. The molecule has 3 nitrogen and oxygen atoms in total. The number of nitrogens with zero attached hydrogens (tertiary/aromatic N) is 1. The van der Waals surface area contributed by atoms with Crippen LogP contribution in [0, 0.1) is 11.3 Å². The summed E-state index contributed by atoms with van der Waals surface area (Å²) < 4.78 is 5.87. The van der Waals surface area contributed by atoms with Crippen LogP contribution in [0.5, 0.6) is 0 Å². The zero-order valence-corrected chi connectivity index (χ0v) is 14.0. The summed E-state index contributed by atoms with van der Waals surface area (Å²) >= 11 is 0. The molecule has 20 heavy (non-hydrogen) atoms. The van der Waals surface area contributed by atoms with Crippen molar-refractivity contribution in [3.05, 3.63) is 0 Å². The first-order valence-electron chi connectivity index (χ1n) is 8.56. The summed E-state index contributed by atoms with van der Waals surface area (Å²) in [4.78, 5) is 2.51. The Bertz CT molecular complexity index is 287. The molecule has 0 aromatic heterocycles. The quantitative estimate of drug-likeness (QED) is 0.811. The van der Waals surface area contributed by atoms with Gasteiger partial charge >= 0.3 is 0 Å². The summed E-state index contributed by atoms with van der Waals surface area (Å²) in [5.74, 6) is 0.790. The average Bonchev–Trinajstić information content (AvgIpc) is 2.68. The van der Waals surface area contributed by atoms with Gasteiger partial charge in [0.1, 0.15) is 0 Å². The van der Waals surface area contributed by atoms with Gasteiger partial charge in [-0.05, 0) is 57.0 Å². The lowest BCUT2D eigenvalue weighted by atomic mass is 9.84. The molecule has 1 saturated carbocycles. The van der Waals surface area contributed by atoms with E-state index in [1.807, 2.05) is 0 Å². The first kappa shape index (κ1) is 16.3. The summed E-state index contributed by atoms with van der Waals surface area (Å²) in [6, 6.07) is 0.669. The Kier molecular flexibility index (Phi) is 5.88. The third kappa shape index (κ3) is 4.19. The van der Waals surface area contributed by atoms with Crippen molar-refractivity contribution in [1.29, 1.82) is 0 Å². The summed E-state index contributed by atoms with van der Waals surface area (Å²) in [5.41, 5.74) is 0.447. The molecule has 0 bridgehead atoms. The minimum atomic E-state index is 0.447. The van der Waals surface area contributed by atoms with Gasteiger partial charge in [-0.25, -0.2) is 0 Å². The molecule has 3 heteroatoms. The van der Waals surface area contributed by atoms with E-state index in [-0.39, 0.29) is 0 Å². The van der Waals surface area contributed by atoms with Crippen LogP contribution in [0.15, 0.2) is 0 Å². The van der Waals surface area contributed by atoms with Gasteiger partial charge in [0.2, 0.25) is 0 Å². The Labute approximate surface area is 125 Å². The molecule has 0 spiro atoms. The van der Waals surface area contributed by atoms with Crippen LogP contribution in [0.25, 0.3) is 0 Å². The van der Waals surface area contributed by atoms with E-state index >= 15 is 0 Å². The van der Waals surface area contributed by atoms with E-state index in [4.69, 9.17) is 4.74 Å². The summed E-state index contributed by atoms with van der Waals surface area (Å²) in [6.07, 6.45) is 7.02. The van der Waals surface area contributed by atoms with E-state index in [0.717, 1.165) is 25.6 Å². The molecule has 3 unspecified atom stereocenters. The Balaban J connectivity index is 1.81. The lowest BCUT2D eigenvalue weighted by Gasteiger charge is -2.34. The lowest BCUT2D eigenvalue weighted by Crippen LogP contribution is -2.46. The molecule has 3 atom stereocenters. The molecule has 118 valence electrons. The molecule has 2 aliphatic rings.